The first kappa shape index (κ1) is 37.6. The van der Waals surface area contributed by atoms with E-state index in [1.807, 2.05) is 91.0 Å². The average Bonchev–Trinajstić information content (AvgIpc) is 3.66. The van der Waals surface area contributed by atoms with E-state index in [1.54, 1.807) is 16.2 Å². The minimum Gasteiger partial charge on any atom is -0.361 e. The predicted molar refractivity (Wildman–Crippen MR) is 242 cm³/mol. The molecule has 6 aromatic rings. The number of benzene rings is 5. The molecule has 1 aliphatic carbocycles. The summed E-state index contributed by atoms with van der Waals surface area (Å²) in [6.45, 7) is -0.124. The summed E-state index contributed by atoms with van der Waals surface area (Å²) in [5.41, 5.74) is 5.80. The largest absolute Gasteiger partial charge is 0.361 e. The van der Waals surface area contributed by atoms with Crippen molar-refractivity contribution in [3.05, 3.63) is 147 Å². The highest BCUT2D eigenvalue weighted by Gasteiger charge is 2.33. The molecule has 0 aliphatic heterocycles. The van der Waals surface area contributed by atoms with E-state index in [2.05, 4.69) is 18.1 Å². The van der Waals surface area contributed by atoms with Gasteiger partial charge in [0.05, 0.1) is 6.04 Å². The molecule has 0 bridgehead atoms. The quantitative estimate of drug-likeness (QED) is 0.136. The monoisotopic (exact) mass is 681 g/mol. The summed E-state index contributed by atoms with van der Waals surface area (Å²) >= 11 is 1.70. The molecule has 0 N–H and O–H groups in total. The van der Waals surface area contributed by atoms with Gasteiger partial charge < -0.3 is 4.90 Å². The number of nitrogens with zero attached hydrogens (tertiary/aromatic N) is 1. The number of thiophene rings is 1. The van der Waals surface area contributed by atoms with Crippen molar-refractivity contribution in [3.63, 3.8) is 0 Å². The average molecular weight is 680 g/mol. The molecular weight excluding hydrogens is 659 g/mol. The summed E-state index contributed by atoms with van der Waals surface area (Å²) in [5.74, 6) is 2.49. The maximum atomic E-state index is 7.00. The first-order valence-electron chi connectivity index (χ1n) is 16.9. The lowest BCUT2D eigenvalue weighted by Gasteiger charge is -2.40. The number of allylic oxidation sites excluding steroid dienone is 5. The third-order valence-corrected chi connectivity index (χ3v) is 11.0. The number of terminal acetylenes is 1. The fourth-order valence-electron chi connectivity index (χ4n) is 7.19. The molecule has 230 valence electrons. The van der Waals surface area contributed by atoms with Crippen LogP contribution < -0.4 is 26.8 Å². The lowest BCUT2D eigenvalue weighted by Crippen LogP contribution is -2.52. The number of anilines is 1. The summed E-state index contributed by atoms with van der Waals surface area (Å²) in [5, 5.41) is 2.18. The third kappa shape index (κ3) is 6.46. The first-order chi connectivity index (χ1) is 25.9. The van der Waals surface area contributed by atoms with E-state index in [0.717, 1.165) is 31.3 Å². The van der Waals surface area contributed by atoms with Crippen molar-refractivity contribution in [1.29, 1.82) is 0 Å². The van der Waals surface area contributed by atoms with E-state index in [0.29, 0.717) is 27.7 Å². The highest BCUT2D eigenvalue weighted by atomic mass is 32.1. The van der Waals surface area contributed by atoms with Crippen molar-refractivity contribution in [2.24, 2.45) is 0 Å². The van der Waals surface area contributed by atoms with E-state index in [-0.39, 0.29) is 61.4 Å². The van der Waals surface area contributed by atoms with Crippen molar-refractivity contribution < 1.29 is 0 Å². The summed E-state index contributed by atoms with van der Waals surface area (Å²) in [4.78, 5) is 1.72. The standard InChI is InChI=1S/C42H21B10NS/c1-2-26(43)30(21-11-5-3-6-12-21)33(45)27(44)20-53(41-37(49)31(34(46)38(41)50)22-13-7-4-8-14-22)42-39(51)35(47)32(36(48)40(42)52)23-17-18-29-25(19-23)24-15-9-10-16-28(24)54-29/h1,3-19,41H,20H2/b30-26+,33-27-. The molecule has 1 aliphatic rings. The maximum absolute atomic E-state index is 7.00. The molecule has 0 saturated carbocycles. The molecule has 1 aromatic heterocycles. The molecule has 1 heterocycles. The van der Waals surface area contributed by atoms with Gasteiger partial charge in [-0.15, -0.1) is 23.2 Å². The Kier molecular flexibility index (Phi) is 10.6. The van der Waals surface area contributed by atoms with Gasteiger partial charge in [0.1, 0.15) is 78.5 Å². The lowest BCUT2D eigenvalue weighted by atomic mass is 9.63. The summed E-state index contributed by atoms with van der Waals surface area (Å²) < 4.78 is 2.28. The Hall–Kier alpha value is -4.71. The van der Waals surface area contributed by atoms with Gasteiger partial charge in [-0.3, -0.25) is 0 Å². The molecule has 12 heteroatoms. The van der Waals surface area contributed by atoms with Crippen molar-refractivity contribution in [2.75, 3.05) is 11.4 Å². The molecule has 1 unspecified atom stereocenters. The van der Waals surface area contributed by atoms with Crippen molar-refractivity contribution >= 4 is 149 Å². The molecule has 0 amide bonds. The zero-order valence-electron chi connectivity index (χ0n) is 29.3. The number of hydrogen-bond acceptors (Lipinski definition) is 2. The maximum Gasteiger partial charge on any atom is 0.127 e. The molecular formula is C42H21B10NS. The van der Waals surface area contributed by atoms with Gasteiger partial charge in [0.2, 0.25) is 0 Å². The van der Waals surface area contributed by atoms with Crippen molar-refractivity contribution in [3.8, 4) is 23.5 Å². The Morgan fingerprint density at radius 2 is 1.24 bits per heavy atom. The van der Waals surface area contributed by atoms with Crippen LogP contribution in [0.1, 0.15) is 11.1 Å². The Bertz CT molecular complexity index is 2620. The van der Waals surface area contributed by atoms with Crippen molar-refractivity contribution in [1.82, 2.24) is 0 Å². The molecule has 5 aromatic carbocycles. The van der Waals surface area contributed by atoms with E-state index >= 15 is 0 Å². The minimum atomic E-state index is -0.900. The number of fused-ring (bicyclic) bond motifs is 3. The fourth-order valence-corrected chi connectivity index (χ4v) is 8.28. The molecule has 1 atom stereocenters. The van der Waals surface area contributed by atoms with Gasteiger partial charge in [0, 0.05) is 32.4 Å². The van der Waals surface area contributed by atoms with Crippen LogP contribution >= 0.6 is 11.3 Å². The van der Waals surface area contributed by atoms with Crippen LogP contribution in [0.2, 0.25) is 0 Å². The van der Waals surface area contributed by atoms with Gasteiger partial charge in [-0.2, -0.15) is 0 Å². The molecule has 1 nitrogen and oxygen atoms in total. The highest BCUT2D eigenvalue weighted by molar-refractivity contribution is 7.25. The number of hydrogen-bond donors (Lipinski definition) is 0. The van der Waals surface area contributed by atoms with Crippen LogP contribution in [0.25, 0.3) is 42.4 Å². The second-order valence-corrected chi connectivity index (χ2v) is 14.1. The smallest absolute Gasteiger partial charge is 0.127 e. The van der Waals surface area contributed by atoms with E-state index in [9.17, 15) is 0 Å². The molecule has 20 radical (unpaired) electrons. The summed E-state index contributed by atoms with van der Waals surface area (Å²) in [6, 6.07) is 32.0. The first-order valence-corrected chi connectivity index (χ1v) is 17.8. The van der Waals surface area contributed by atoms with Gasteiger partial charge in [0.25, 0.3) is 0 Å². The van der Waals surface area contributed by atoms with Crippen LogP contribution in [0, 0.1) is 12.3 Å². The van der Waals surface area contributed by atoms with Crippen LogP contribution in [-0.2, 0) is 0 Å². The van der Waals surface area contributed by atoms with E-state index in [4.69, 9.17) is 84.9 Å². The Morgan fingerprint density at radius 3 is 1.89 bits per heavy atom. The summed E-state index contributed by atoms with van der Waals surface area (Å²) in [7, 11) is 68.4. The zero-order chi connectivity index (χ0) is 38.4. The van der Waals surface area contributed by atoms with E-state index in [1.165, 1.54) is 0 Å². The molecule has 0 fully saturated rings. The Balaban J connectivity index is 1.44. The van der Waals surface area contributed by atoms with Gasteiger partial charge in [-0.05, 0) is 57.1 Å². The normalized spacial score (nSPS) is 15.4. The van der Waals surface area contributed by atoms with Crippen LogP contribution in [0.15, 0.2) is 136 Å². The van der Waals surface area contributed by atoms with Crippen LogP contribution in [0.4, 0.5) is 5.69 Å². The Labute approximate surface area is 334 Å². The summed E-state index contributed by atoms with van der Waals surface area (Å²) in [6.07, 6.45) is 5.77. The number of rotatable bonds is 8. The van der Waals surface area contributed by atoms with Crippen LogP contribution in [0.3, 0.4) is 0 Å². The van der Waals surface area contributed by atoms with Gasteiger partial charge in [-0.25, -0.2) is 0 Å². The topological polar surface area (TPSA) is 3.24 Å². The second kappa shape index (κ2) is 15.2. The molecule has 7 rings (SSSR count). The van der Waals surface area contributed by atoms with Crippen molar-refractivity contribution in [2.45, 2.75) is 6.04 Å². The fraction of sp³-hybridized carbons (Fsp3) is 0.0476. The van der Waals surface area contributed by atoms with Crippen LogP contribution in [0.5, 0.6) is 0 Å². The van der Waals surface area contributed by atoms with Crippen LogP contribution in [-0.4, -0.2) is 91.0 Å². The van der Waals surface area contributed by atoms with Gasteiger partial charge in [-0.1, -0.05) is 135 Å². The van der Waals surface area contributed by atoms with Gasteiger partial charge in [0.15, 0.2) is 0 Å². The molecule has 0 saturated heterocycles. The lowest BCUT2D eigenvalue weighted by molar-refractivity contribution is 0.829. The van der Waals surface area contributed by atoms with Gasteiger partial charge >= 0.3 is 0 Å². The Morgan fingerprint density at radius 1 is 0.648 bits per heavy atom. The zero-order valence-corrected chi connectivity index (χ0v) is 30.1. The molecule has 54 heavy (non-hydrogen) atoms. The second-order valence-electron chi connectivity index (χ2n) is 13.0. The highest BCUT2D eigenvalue weighted by Crippen LogP contribution is 2.40. The van der Waals surface area contributed by atoms with E-state index < -0.39 is 6.04 Å². The predicted octanol–water partition coefficient (Wildman–Crippen LogP) is 2.98. The minimum absolute atomic E-state index is 0.0933. The molecule has 0 spiro atoms. The third-order valence-electron chi connectivity index (χ3n) is 9.86. The SMILES string of the molecule is [B]C1=C([B])C(N(C/C([B])=C([B])\C(=C(\[B])C#C)c2ccccc2)c2c([B])c([B])c(-c3ccc4sc5ccccc5c4c3)c([B])c2[B])C([B])=C1c1ccccc1.